The van der Waals surface area contributed by atoms with Gasteiger partial charge >= 0.3 is 0 Å². The molecule has 2 rings (SSSR count). The zero-order valence-corrected chi connectivity index (χ0v) is 6.97. The van der Waals surface area contributed by atoms with Gasteiger partial charge in [-0.05, 0) is 31.8 Å². The zero-order chi connectivity index (χ0) is 7.68. The lowest BCUT2D eigenvalue weighted by molar-refractivity contribution is 0.0723. The Balaban J connectivity index is 2.19. The van der Waals surface area contributed by atoms with Gasteiger partial charge in [0.25, 0.3) is 0 Å². The summed E-state index contributed by atoms with van der Waals surface area (Å²) in [6, 6.07) is 0. The Morgan fingerprint density at radius 3 is 3.36 bits per heavy atom. The minimum Gasteiger partial charge on any atom is -0.374 e. The summed E-state index contributed by atoms with van der Waals surface area (Å²) in [7, 11) is 0. The van der Waals surface area contributed by atoms with Crippen LogP contribution in [0, 0.1) is 0 Å². The van der Waals surface area contributed by atoms with Crippen LogP contribution in [0.2, 0.25) is 0 Å². The fourth-order valence-electron chi connectivity index (χ4n) is 1.78. The van der Waals surface area contributed by atoms with Crippen LogP contribution in [0.5, 0.6) is 0 Å². The van der Waals surface area contributed by atoms with Crippen LogP contribution >= 0.6 is 0 Å². The van der Waals surface area contributed by atoms with E-state index in [2.05, 4.69) is 19.1 Å². The third-order valence-corrected chi connectivity index (χ3v) is 2.44. The van der Waals surface area contributed by atoms with E-state index >= 15 is 0 Å². The summed E-state index contributed by atoms with van der Waals surface area (Å²) in [5.41, 5.74) is 3.07. The molecule has 1 aliphatic carbocycles. The van der Waals surface area contributed by atoms with E-state index in [1.165, 1.54) is 18.4 Å². The molecular weight excluding hydrogens is 136 g/mol. The maximum Gasteiger partial charge on any atom is 0.0720 e. The molecule has 0 bridgehead atoms. The highest BCUT2D eigenvalue weighted by Crippen LogP contribution is 2.28. The van der Waals surface area contributed by atoms with Gasteiger partial charge in [0.05, 0.1) is 12.7 Å². The Morgan fingerprint density at radius 2 is 2.45 bits per heavy atom. The molecule has 0 aromatic heterocycles. The zero-order valence-electron chi connectivity index (χ0n) is 6.97. The molecule has 0 aromatic carbocycles. The molecule has 0 spiro atoms. The summed E-state index contributed by atoms with van der Waals surface area (Å²) in [5, 5.41) is 0. The number of ether oxygens (including phenoxy) is 1. The lowest BCUT2D eigenvalue weighted by Gasteiger charge is -2.25. The summed E-state index contributed by atoms with van der Waals surface area (Å²) < 4.78 is 5.54. The molecule has 0 radical (unpaired) electrons. The van der Waals surface area contributed by atoms with Gasteiger partial charge < -0.3 is 4.74 Å². The Labute approximate surface area is 67.7 Å². The molecule has 1 atom stereocenters. The third kappa shape index (κ3) is 1.38. The van der Waals surface area contributed by atoms with Crippen molar-refractivity contribution < 1.29 is 4.74 Å². The molecule has 1 heterocycles. The van der Waals surface area contributed by atoms with Crippen LogP contribution in [0.4, 0.5) is 0 Å². The van der Waals surface area contributed by atoms with Gasteiger partial charge in [-0.3, -0.25) is 0 Å². The Hall–Kier alpha value is -0.560. The highest BCUT2D eigenvalue weighted by Gasteiger charge is 2.17. The molecule has 0 fully saturated rings. The lowest BCUT2D eigenvalue weighted by Crippen LogP contribution is -2.19. The van der Waals surface area contributed by atoms with Crippen molar-refractivity contribution in [2.45, 2.75) is 32.3 Å². The van der Waals surface area contributed by atoms with Crippen molar-refractivity contribution in [3.05, 3.63) is 23.3 Å². The number of allylic oxidation sites excluding steroid dienone is 1. The topological polar surface area (TPSA) is 9.23 Å². The van der Waals surface area contributed by atoms with Crippen molar-refractivity contribution in [3.63, 3.8) is 0 Å². The summed E-state index contributed by atoms with van der Waals surface area (Å²) >= 11 is 0. The van der Waals surface area contributed by atoms with E-state index in [0.29, 0.717) is 6.10 Å². The van der Waals surface area contributed by atoms with Crippen LogP contribution in [-0.2, 0) is 4.74 Å². The molecule has 0 saturated heterocycles. The minimum absolute atomic E-state index is 0.445. The van der Waals surface area contributed by atoms with Crippen molar-refractivity contribution in [1.82, 2.24) is 0 Å². The third-order valence-electron chi connectivity index (χ3n) is 2.44. The van der Waals surface area contributed by atoms with Gasteiger partial charge in [-0.25, -0.2) is 0 Å². The standard InChI is InChI=1S/C10H14O/c1-8-6-9-4-2-3-5-10(9)7-11-8/h3,5,8H,2,4,6-7H2,1H3. The number of hydrogen-bond donors (Lipinski definition) is 0. The summed E-state index contributed by atoms with van der Waals surface area (Å²) in [5.74, 6) is 0. The van der Waals surface area contributed by atoms with Crippen LogP contribution < -0.4 is 0 Å². The Kier molecular flexibility index (Phi) is 1.82. The highest BCUT2D eigenvalue weighted by atomic mass is 16.5. The lowest BCUT2D eigenvalue weighted by atomic mass is 9.92. The average molecular weight is 150 g/mol. The van der Waals surface area contributed by atoms with E-state index < -0.39 is 0 Å². The van der Waals surface area contributed by atoms with Crippen molar-refractivity contribution in [3.8, 4) is 0 Å². The maximum atomic E-state index is 5.54. The first-order chi connectivity index (χ1) is 5.36. The number of rotatable bonds is 0. The van der Waals surface area contributed by atoms with E-state index in [-0.39, 0.29) is 0 Å². The first-order valence-corrected chi connectivity index (χ1v) is 4.35. The molecule has 0 N–H and O–H groups in total. The molecule has 0 aromatic rings. The van der Waals surface area contributed by atoms with E-state index in [9.17, 15) is 0 Å². The Bertz CT molecular complexity index is 213. The first-order valence-electron chi connectivity index (χ1n) is 4.35. The van der Waals surface area contributed by atoms with E-state index in [0.717, 1.165) is 13.0 Å². The van der Waals surface area contributed by atoms with Crippen molar-refractivity contribution in [1.29, 1.82) is 0 Å². The predicted octanol–water partition coefficient (Wildman–Crippen LogP) is 2.44. The Morgan fingerprint density at radius 1 is 1.55 bits per heavy atom. The summed E-state index contributed by atoms with van der Waals surface area (Å²) in [6.45, 7) is 3.00. The molecule has 11 heavy (non-hydrogen) atoms. The van der Waals surface area contributed by atoms with Gasteiger partial charge in [-0.2, -0.15) is 0 Å². The largest absolute Gasteiger partial charge is 0.374 e. The molecule has 0 saturated carbocycles. The molecule has 2 aliphatic rings. The van der Waals surface area contributed by atoms with E-state index in [1.54, 1.807) is 5.57 Å². The van der Waals surface area contributed by atoms with Crippen molar-refractivity contribution >= 4 is 0 Å². The highest BCUT2D eigenvalue weighted by molar-refractivity contribution is 5.31. The quantitative estimate of drug-likeness (QED) is 0.515. The molecule has 1 heteroatoms. The summed E-state index contributed by atoms with van der Waals surface area (Å²) in [6.07, 6.45) is 8.56. The second kappa shape index (κ2) is 2.82. The van der Waals surface area contributed by atoms with Crippen LogP contribution in [0.25, 0.3) is 0 Å². The molecule has 1 unspecified atom stereocenters. The van der Waals surface area contributed by atoms with Crippen LogP contribution in [0.15, 0.2) is 23.3 Å². The van der Waals surface area contributed by atoms with Crippen LogP contribution in [0.3, 0.4) is 0 Å². The predicted molar refractivity (Wildman–Crippen MR) is 45.4 cm³/mol. The molecule has 1 aliphatic heterocycles. The maximum absolute atomic E-state index is 5.54. The normalized spacial score (nSPS) is 30.5. The van der Waals surface area contributed by atoms with Crippen LogP contribution in [-0.4, -0.2) is 12.7 Å². The van der Waals surface area contributed by atoms with Gasteiger partial charge in [0, 0.05) is 0 Å². The first kappa shape index (κ1) is 7.11. The molecule has 60 valence electrons. The second-order valence-corrected chi connectivity index (χ2v) is 3.40. The van der Waals surface area contributed by atoms with Crippen molar-refractivity contribution in [2.75, 3.05) is 6.61 Å². The smallest absolute Gasteiger partial charge is 0.0720 e. The fourth-order valence-corrected chi connectivity index (χ4v) is 1.78. The monoisotopic (exact) mass is 150 g/mol. The van der Waals surface area contributed by atoms with E-state index in [1.807, 2.05) is 0 Å². The summed E-state index contributed by atoms with van der Waals surface area (Å²) in [4.78, 5) is 0. The average Bonchev–Trinajstić information content (AvgIpc) is 2.04. The molecule has 0 amide bonds. The molecule has 1 nitrogen and oxygen atoms in total. The van der Waals surface area contributed by atoms with Gasteiger partial charge in [0.1, 0.15) is 0 Å². The van der Waals surface area contributed by atoms with Gasteiger partial charge in [0.2, 0.25) is 0 Å². The van der Waals surface area contributed by atoms with Crippen molar-refractivity contribution in [2.24, 2.45) is 0 Å². The molecular formula is C10H14O. The van der Waals surface area contributed by atoms with Crippen LogP contribution in [0.1, 0.15) is 26.2 Å². The second-order valence-electron chi connectivity index (χ2n) is 3.40. The van der Waals surface area contributed by atoms with E-state index in [4.69, 9.17) is 4.74 Å². The van der Waals surface area contributed by atoms with Gasteiger partial charge in [-0.15, -0.1) is 0 Å². The van der Waals surface area contributed by atoms with Gasteiger partial charge in [0.15, 0.2) is 0 Å². The fraction of sp³-hybridized carbons (Fsp3) is 0.600. The SMILES string of the molecule is CC1CC2=C(C=CCC2)CO1. The number of hydrogen-bond acceptors (Lipinski definition) is 1. The van der Waals surface area contributed by atoms with Gasteiger partial charge in [-0.1, -0.05) is 17.7 Å². The minimum atomic E-state index is 0.445.